The number of sulfone groups is 1. The third-order valence-electron chi connectivity index (χ3n) is 2.90. The second-order valence-electron chi connectivity index (χ2n) is 4.09. The van der Waals surface area contributed by atoms with Gasteiger partial charge in [-0.3, -0.25) is 4.98 Å². The summed E-state index contributed by atoms with van der Waals surface area (Å²) in [6, 6.07) is 1.72. The van der Waals surface area contributed by atoms with Crippen LogP contribution in [-0.4, -0.2) is 31.0 Å². The van der Waals surface area contributed by atoms with Crippen LogP contribution in [0.25, 0.3) is 0 Å². The molecule has 1 atom stereocenters. The van der Waals surface area contributed by atoms with Crippen molar-refractivity contribution >= 4 is 21.6 Å². The Bertz CT molecular complexity index is 562. The molecule has 0 spiro atoms. The Balaban J connectivity index is 2.37. The number of hydrogen-bond acceptors (Lipinski definition) is 5. The van der Waals surface area contributed by atoms with E-state index in [4.69, 9.17) is 0 Å². The molecule has 17 heavy (non-hydrogen) atoms. The molecule has 0 N–H and O–H groups in total. The fourth-order valence-corrected chi connectivity index (χ4v) is 3.89. The van der Waals surface area contributed by atoms with Crippen molar-refractivity contribution in [1.82, 2.24) is 4.98 Å². The SMILES string of the molecule is O=C=Nc1cnccc1C1CCCS(=O)(=O)C1. The van der Waals surface area contributed by atoms with Gasteiger partial charge in [0.15, 0.2) is 9.84 Å². The quantitative estimate of drug-likeness (QED) is 0.588. The van der Waals surface area contributed by atoms with Crippen molar-refractivity contribution < 1.29 is 13.2 Å². The first kappa shape index (κ1) is 12.0. The molecule has 6 heteroatoms. The summed E-state index contributed by atoms with van der Waals surface area (Å²) in [5.41, 5.74) is 1.19. The first-order valence-electron chi connectivity index (χ1n) is 5.34. The third kappa shape index (κ3) is 2.78. The second kappa shape index (κ2) is 4.77. The molecule has 0 aliphatic carbocycles. The molecule has 1 aliphatic rings. The molecule has 5 nitrogen and oxygen atoms in total. The van der Waals surface area contributed by atoms with Crippen LogP contribution in [0.4, 0.5) is 5.69 Å². The molecule has 0 aromatic carbocycles. The molecular weight excluding hydrogens is 240 g/mol. The number of aliphatic imine (C=N–C) groups is 1. The highest BCUT2D eigenvalue weighted by atomic mass is 32.2. The maximum atomic E-state index is 11.6. The van der Waals surface area contributed by atoms with Crippen molar-refractivity contribution in [2.75, 3.05) is 11.5 Å². The molecule has 0 radical (unpaired) electrons. The minimum Gasteiger partial charge on any atom is -0.262 e. The highest BCUT2D eigenvalue weighted by Crippen LogP contribution is 2.33. The summed E-state index contributed by atoms with van der Waals surface area (Å²) in [4.78, 5) is 17.7. The summed E-state index contributed by atoms with van der Waals surface area (Å²) < 4.78 is 23.2. The van der Waals surface area contributed by atoms with E-state index in [0.29, 0.717) is 12.1 Å². The molecule has 2 rings (SSSR count). The summed E-state index contributed by atoms with van der Waals surface area (Å²) in [6.07, 6.45) is 5.96. The molecular formula is C11H12N2O3S. The minimum absolute atomic E-state index is 0.0937. The number of aromatic nitrogens is 1. The Morgan fingerprint density at radius 3 is 3.00 bits per heavy atom. The topological polar surface area (TPSA) is 76.5 Å². The lowest BCUT2D eigenvalue weighted by molar-refractivity contribution is 0.554. The van der Waals surface area contributed by atoms with Crippen LogP contribution in [0.3, 0.4) is 0 Å². The Morgan fingerprint density at radius 2 is 2.29 bits per heavy atom. The van der Waals surface area contributed by atoms with Gasteiger partial charge in [0.2, 0.25) is 6.08 Å². The Morgan fingerprint density at radius 1 is 1.47 bits per heavy atom. The van der Waals surface area contributed by atoms with E-state index in [1.165, 1.54) is 12.3 Å². The molecule has 1 aliphatic heterocycles. The molecule has 90 valence electrons. The van der Waals surface area contributed by atoms with Crippen LogP contribution in [0.2, 0.25) is 0 Å². The zero-order valence-electron chi connectivity index (χ0n) is 9.17. The van der Waals surface area contributed by atoms with Crippen molar-refractivity contribution in [2.24, 2.45) is 4.99 Å². The van der Waals surface area contributed by atoms with Crippen molar-refractivity contribution in [3.8, 4) is 0 Å². The number of isocyanates is 1. The van der Waals surface area contributed by atoms with Gasteiger partial charge in [-0.1, -0.05) is 0 Å². The molecule has 1 unspecified atom stereocenters. The highest BCUT2D eigenvalue weighted by Gasteiger charge is 2.27. The monoisotopic (exact) mass is 252 g/mol. The number of rotatable bonds is 2. The lowest BCUT2D eigenvalue weighted by atomic mass is 9.95. The maximum Gasteiger partial charge on any atom is 0.240 e. The van der Waals surface area contributed by atoms with Gasteiger partial charge in [-0.15, -0.1) is 0 Å². The molecule has 0 bridgehead atoms. The Hall–Kier alpha value is -1.52. The van der Waals surface area contributed by atoms with Gasteiger partial charge in [-0.2, -0.15) is 4.99 Å². The van der Waals surface area contributed by atoms with Gasteiger partial charge in [0, 0.05) is 12.1 Å². The summed E-state index contributed by atoms with van der Waals surface area (Å²) >= 11 is 0. The largest absolute Gasteiger partial charge is 0.262 e. The minimum atomic E-state index is -2.97. The molecule has 1 saturated heterocycles. The van der Waals surface area contributed by atoms with Crippen molar-refractivity contribution in [3.05, 3.63) is 24.0 Å². The third-order valence-corrected chi connectivity index (χ3v) is 4.72. The van der Waals surface area contributed by atoms with Gasteiger partial charge < -0.3 is 0 Å². The van der Waals surface area contributed by atoms with Gasteiger partial charge in [0.05, 0.1) is 23.4 Å². The molecule has 0 amide bonds. The highest BCUT2D eigenvalue weighted by molar-refractivity contribution is 7.91. The normalized spacial score (nSPS) is 22.7. The first-order valence-corrected chi connectivity index (χ1v) is 7.17. The predicted octanol–water partition coefficient (Wildman–Crippen LogP) is 1.34. The number of pyridine rings is 1. The van der Waals surface area contributed by atoms with E-state index < -0.39 is 9.84 Å². The molecule has 1 fully saturated rings. The van der Waals surface area contributed by atoms with Crippen LogP contribution in [0.1, 0.15) is 24.3 Å². The molecule has 1 aromatic rings. The van der Waals surface area contributed by atoms with E-state index in [9.17, 15) is 13.2 Å². The van der Waals surface area contributed by atoms with Crippen LogP contribution in [-0.2, 0) is 14.6 Å². The number of nitrogens with zero attached hydrogens (tertiary/aromatic N) is 2. The second-order valence-corrected chi connectivity index (χ2v) is 6.32. The average molecular weight is 252 g/mol. The van der Waals surface area contributed by atoms with Gasteiger partial charge >= 0.3 is 0 Å². The van der Waals surface area contributed by atoms with Crippen LogP contribution in [0, 0.1) is 0 Å². The van der Waals surface area contributed by atoms with Crippen LogP contribution >= 0.6 is 0 Å². The standard InChI is InChI=1S/C11H12N2O3S/c14-8-13-11-6-12-4-3-10(11)9-2-1-5-17(15,16)7-9/h3-4,6,9H,1-2,5,7H2. The van der Waals surface area contributed by atoms with E-state index in [2.05, 4.69) is 9.98 Å². The van der Waals surface area contributed by atoms with Gasteiger partial charge in [-0.25, -0.2) is 13.2 Å². The van der Waals surface area contributed by atoms with Crippen molar-refractivity contribution in [3.63, 3.8) is 0 Å². The van der Waals surface area contributed by atoms with Crippen molar-refractivity contribution in [1.29, 1.82) is 0 Å². The smallest absolute Gasteiger partial charge is 0.240 e. The summed E-state index contributed by atoms with van der Waals surface area (Å²) in [7, 11) is -2.97. The van der Waals surface area contributed by atoms with Crippen molar-refractivity contribution in [2.45, 2.75) is 18.8 Å². The van der Waals surface area contributed by atoms with Crippen LogP contribution in [0.5, 0.6) is 0 Å². The van der Waals surface area contributed by atoms with E-state index in [0.717, 1.165) is 12.0 Å². The Labute approximate surface area is 99.5 Å². The van der Waals surface area contributed by atoms with Gasteiger partial charge in [-0.05, 0) is 24.5 Å². The van der Waals surface area contributed by atoms with Gasteiger partial charge in [0.1, 0.15) is 0 Å². The number of carbonyl (C=O) groups excluding carboxylic acids is 1. The van der Waals surface area contributed by atoms with E-state index in [1.807, 2.05) is 0 Å². The van der Waals surface area contributed by atoms with E-state index in [-0.39, 0.29) is 17.4 Å². The molecule has 0 saturated carbocycles. The zero-order chi connectivity index (χ0) is 12.3. The van der Waals surface area contributed by atoms with E-state index >= 15 is 0 Å². The first-order chi connectivity index (χ1) is 8.12. The zero-order valence-corrected chi connectivity index (χ0v) is 9.98. The van der Waals surface area contributed by atoms with Gasteiger partial charge in [0.25, 0.3) is 0 Å². The lowest BCUT2D eigenvalue weighted by Gasteiger charge is -2.22. The fourth-order valence-electron chi connectivity index (χ4n) is 2.15. The van der Waals surface area contributed by atoms with E-state index in [1.54, 1.807) is 12.3 Å². The Kier molecular flexibility index (Phi) is 3.36. The number of hydrogen-bond donors (Lipinski definition) is 0. The summed E-state index contributed by atoms with van der Waals surface area (Å²) in [5, 5.41) is 0. The van der Waals surface area contributed by atoms with Crippen LogP contribution in [0.15, 0.2) is 23.5 Å². The predicted molar refractivity (Wildman–Crippen MR) is 62.6 cm³/mol. The maximum absolute atomic E-state index is 11.6. The lowest BCUT2D eigenvalue weighted by Crippen LogP contribution is -2.23. The van der Waals surface area contributed by atoms with Crippen LogP contribution < -0.4 is 0 Å². The molecule has 1 aromatic heterocycles. The summed E-state index contributed by atoms with van der Waals surface area (Å²) in [6.45, 7) is 0. The fraction of sp³-hybridized carbons (Fsp3) is 0.455. The average Bonchev–Trinajstić information content (AvgIpc) is 2.29. The summed E-state index contributed by atoms with van der Waals surface area (Å²) in [5.74, 6) is 0.281. The molecule has 2 heterocycles.